The predicted octanol–water partition coefficient (Wildman–Crippen LogP) is 2.72. The lowest BCUT2D eigenvalue weighted by molar-refractivity contribution is 0.174. The van der Waals surface area contributed by atoms with Crippen molar-refractivity contribution in [1.82, 2.24) is 15.1 Å². The Labute approximate surface area is 163 Å². The number of urea groups is 1. The molecule has 4 rings (SSSR count). The molecule has 27 heavy (non-hydrogen) atoms. The van der Waals surface area contributed by atoms with Crippen LogP contribution < -0.4 is 14.8 Å². The molecule has 0 aliphatic carbocycles. The minimum absolute atomic E-state index is 0.0180. The molecule has 1 unspecified atom stereocenters. The van der Waals surface area contributed by atoms with E-state index in [-0.39, 0.29) is 18.9 Å². The number of rotatable bonds is 5. The first-order valence-electron chi connectivity index (χ1n) is 9.23. The van der Waals surface area contributed by atoms with Gasteiger partial charge in [0.2, 0.25) is 6.79 Å². The summed E-state index contributed by atoms with van der Waals surface area (Å²) < 4.78 is 10.8. The molecule has 0 saturated carbocycles. The highest BCUT2D eigenvalue weighted by molar-refractivity contribution is 7.10. The van der Waals surface area contributed by atoms with Crippen LogP contribution in [0.4, 0.5) is 4.79 Å². The fraction of sp³-hybridized carbons (Fsp3) is 0.450. The Bertz CT molecular complexity index is 821. The van der Waals surface area contributed by atoms with E-state index in [4.69, 9.17) is 9.47 Å². The van der Waals surface area contributed by atoms with Crippen molar-refractivity contribution in [3.63, 3.8) is 0 Å². The van der Waals surface area contributed by atoms with E-state index in [1.54, 1.807) is 11.3 Å². The Balaban J connectivity index is 1.34. The summed E-state index contributed by atoms with van der Waals surface area (Å²) in [6.45, 7) is 2.38. The molecule has 2 aromatic rings. The van der Waals surface area contributed by atoms with Gasteiger partial charge < -0.3 is 24.6 Å². The van der Waals surface area contributed by atoms with E-state index in [9.17, 15) is 4.79 Å². The number of carbonyl (C=O) groups excluding carboxylic acids is 1. The van der Waals surface area contributed by atoms with Crippen LogP contribution in [-0.2, 0) is 19.4 Å². The Morgan fingerprint density at radius 3 is 3.00 bits per heavy atom. The summed E-state index contributed by atoms with van der Waals surface area (Å²) in [7, 11) is 4.09. The van der Waals surface area contributed by atoms with Crippen molar-refractivity contribution in [2.45, 2.75) is 25.4 Å². The van der Waals surface area contributed by atoms with Crippen LogP contribution in [0.1, 0.15) is 16.0 Å². The van der Waals surface area contributed by atoms with Gasteiger partial charge in [-0.2, -0.15) is 0 Å². The average Bonchev–Trinajstić information content (AvgIpc) is 3.32. The third kappa shape index (κ3) is 4.04. The van der Waals surface area contributed by atoms with Crippen molar-refractivity contribution < 1.29 is 14.3 Å². The fourth-order valence-corrected chi connectivity index (χ4v) is 4.41. The van der Waals surface area contributed by atoms with Crippen molar-refractivity contribution in [3.8, 4) is 11.5 Å². The minimum atomic E-state index is 0.0180. The number of thiophene rings is 1. The van der Waals surface area contributed by atoms with Crippen LogP contribution in [0.2, 0.25) is 0 Å². The molecule has 2 amide bonds. The molecule has 0 saturated heterocycles. The zero-order valence-electron chi connectivity index (χ0n) is 15.7. The Hall–Kier alpha value is -2.25. The summed E-state index contributed by atoms with van der Waals surface area (Å²) in [6.07, 6.45) is 1.79. The monoisotopic (exact) mass is 387 g/mol. The van der Waals surface area contributed by atoms with Gasteiger partial charge in [-0.25, -0.2) is 4.79 Å². The largest absolute Gasteiger partial charge is 0.454 e. The fourth-order valence-electron chi connectivity index (χ4n) is 3.52. The van der Waals surface area contributed by atoms with Gasteiger partial charge in [0.05, 0.1) is 0 Å². The first kappa shape index (κ1) is 18.1. The second kappa shape index (κ2) is 7.78. The van der Waals surface area contributed by atoms with Gasteiger partial charge in [-0.15, -0.1) is 11.3 Å². The first-order valence-corrected chi connectivity index (χ1v) is 10.1. The Morgan fingerprint density at radius 1 is 1.30 bits per heavy atom. The molecule has 0 fully saturated rings. The molecule has 6 nitrogen and oxygen atoms in total. The summed E-state index contributed by atoms with van der Waals surface area (Å²) >= 11 is 1.79. The van der Waals surface area contributed by atoms with E-state index >= 15 is 0 Å². The molecule has 7 heteroatoms. The molecule has 2 aliphatic heterocycles. The molecular weight excluding hydrogens is 362 g/mol. The number of benzene rings is 1. The van der Waals surface area contributed by atoms with Gasteiger partial charge in [-0.05, 0) is 61.6 Å². The standard InChI is InChI=1S/C20H25N3O3S/c1-22(2)16(9-14-3-4-17-18(10-14)26-13-25-17)11-21-20(24)23-7-5-19-15(12-23)6-8-27-19/h3-4,6,8,10,16H,5,7,9,11-13H2,1-2H3,(H,21,24). The van der Waals surface area contributed by atoms with Crippen LogP contribution >= 0.6 is 11.3 Å². The average molecular weight is 388 g/mol. The smallest absolute Gasteiger partial charge is 0.317 e. The highest BCUT2D eigenvalue weighted by atomic mass is 32.1. The maximum absolute atomic E-state index is 12.6. The summed E-state index contributed by atoms with van der Waals surface area (Å²) in [5.74, 6) is 1.60. The van der Waals surface area contributed by atoms with Gasteiger partial charge in [0, 0.05) is 30.6 Å². The van der Waals surface area contributed by atoms with E-state index < -0.39 is 0 Å². The highest BCUT2D eigenvalue weighted by Gasteiger charge is 2.23. The molecular formula is C20H25N3O3S. The second-order valence-corrected chi connectivity index (χ2v) is 8.24. The third-order valence-corrected chi connectivity index (χ3v) is 6.25. The number of hydrogen-bond acceptors (Lipinski definition) is 5. The number of amides is 2. The van der Waals surface area contributed by atoms with Gasteiger partial charge in [-0.1, -0.05) is 6.07 Å². The van der Waals surface area contributed by atoms with Crippen molar-refractivity contribution in [2.24, 2.45) is 0 Å². The van der Waals surface area contributed by atoms with Crippen molar-refractivity contribution in [3.05, 3.63) is 45.6 Å². The van der Waals surface area contributed by atoms with E-state index in [0.29, 0.717) is 13.1 Å². The van der Waals surface area contributed by atoms with Crippen LogP contribution in [0.3, 0.4) is 0 Å². The number of carbonyl (C=O) groups is 1. The topological polar surface area (TPSA) is 54.0 Å². The number of ether oxygens (including phenoxy) is 2. The van der Waals surface area contributed by atoms with Gasteiger partial charge in [0.1, 0.15) is 0 Å². The van der Waals surface area contributed by atoms with Crippen molar-refractivity contribution >= 4 is 17.4 Å². The molecule has 1 aromatic heterocycles. The lowest BCUT2D eigenvalue weighted by Gasteiger charge is -2.30. The summed E-state index contributed by atoms with van der Waals surface area (Å²) in [6, 6.07) is 8.40. The van der Waals surface area contributed by atoms with Crippen molar-refractivity contribution in [1.29, 1.82) is 0 Å². The zero-order valence-corrected chi connectivity index (χ0v) is 16.6. The van der Waals surface area contributed by atoms with E-state index in [1.807, 2.05) is 31.1 Å². The van der Waals surface area contributed by atoms with Crippen LogP contribution in [-0.4, -0.2) is 55.9 Å². The van der Waals surface area contributed by atoms with Crippen LogP contribution in [0.5, 0.6) is 11.5 Å². The molecule has 0 bridgehead atoms. The maximum atomic E-state index is 12.6. The quantitative estimate of drug-likeness (QED) is 0.857. The molecule has 1 atom stereocenters. The van der Waals surface area contributed by atoms with Crippen LogP contribution in [0.25, 0.3) is 0 Å². The SMILES string of the molecule is CN(C)C(CNC(=O)N1CCc2sccc2C1)Cc1ccc2c(c1)OCO2. The van der Waals surface area contributed by atoms with Crippen molar-refractivity contribution in [2.75, 3.05) is 34.0 Å². The molecule has 2 aliphatic rings. The Kier molecular flexibility index (Phi) is 5.22. The van der Waals surface area contributed by atoms with E-state index in [2.05, 4.69) is 27.7 Å². The normalized spacial score (nSPS) is 16.3. The third-order valence-electron chi connectivity index (χ3n) is 5.22. The number of fused-ring (bicyclic) bond motifs is 2. The maximum Gasteiger partial charge on any atom is 0.317 e. The lowest BCUT2D eigenvalue weighted by Crippen LogP contribution is -2.47. The number of nitrogens with zero attached hydrogens (tertiary/aromatic N) is 2. The summed E-state index contributed by atoms with van der Waals surface area (Å²) in [4.78, 5) is 18.1. The van der Waals surface area contributed by atoms with E-state index in [0.717, 1.165) is 30.9 Å². The van der Waals surface area contributed by atoms with Crippen LogP contribution in [0, 0.1) is 0 Å². The Morgan fingerprint density at radius 2 is 2.15 bits per heavy atom. The number of hydrogen-bond donors (Lipinski definition) is 1. The lowest BCUT2D eigenvalue weighted by atomic mass is 10.0. The second-order valence-electron chi connectivity index (χ2n) is 7.24. The molecule has 3 heterocycles. The summed E-state index contributed by atoms with van der Waals surface area (Å²) in [5, 5.41) is 5.23. The zero-order chi connectivity index (χ0) is 18.8. The van der Waals surface area contributed by atoms with Gasteiger partial charge in [0.15, 0.2) is 11.5 Å². The molecule has 0 radical (unpaired) electrons. The summed E-state index contributed by atoms with van der Waals surface area (Å²) in [5.41, 5.74) is 2.46. The van der Waals surface area contributed by atoms with Gasteiger partial charge in [-0.3, -0.25) is 0 Å². The predicted molar refractivity (Wildman–Crippen MR) is 106 cm³/mol. The number of likely N-dealkylation sites (N-methyl/N-ethyl adjacent to an activating group) is 1. The molecule has 1 aromatic carbocycles. The van der Waals surface area contributed by atoms with Gasteiger partial charge in [0.25, 0.3) is 0 Å². The van der Waals surface area contributed by atoms with Gasteiger partial charge >= 0.3 is 6.03 Å². The molecule has 144 valence electrons. The number of nitrogens with one attached hydrogen (secondary N) is 1. The van der Waals surface area contributed by atoms with E-state index in [1.165, 1.54) is 16.0 Å². The van der Waals surface area contributed by atoms with Crippen LogP contribution in [0.15, 0.2) is 29.6 Å². The molecule has 1 N–H and O–H groups in total. The highest BCUT2D eigenvalue weighted by Crippen LogP contribution is 2.33. The first-order chi connectivity index (χ1) is 13.1. The molecule has 0 spiro atoms. The minimum Gasteiger partial charge on any atom is -0.454 e.